The smallest absolute Gasteiger partial charge is 0.272 e. The SMILES string of the molecule is Cc1ccc(-c2cc(C(=O)NC3CC3)nn2C)c(C)c1. The Morgan fingerprint density at radius 1 is 1.30 bits per heavy atom. The first-order valence-corrected chi connectivity index (χ1v) is 6.97. The normalized spacial score (nSPS) is 14.3. The minimum atomic E-state index is -0.0703. The summed E-state index contributed by atoms with van der Waals surface area (Å²) in [5.74, 6) is -0.0703. The Balaban J connectivity index is 1.93. The van der Waals surface area contributed by atoms with Crippen molar-refractivity contribution in [2.24, 2.45) is 7.05 Å². The van der Waals surface area contributed by atoms with E-state index in [0.29, 0.717) is 11.7 Å². The third kappa shape index (κ3) is 2.46. The Hall–Kier alpha value is -2.10. The Labute approximate surface area is 118 Å². The van der Waals surface area contributed by atoms with E-state index in [2.05, 4.69) is 42.5 Å². The molecule has 0 bridgehead atoms. The fourth-order valence-corrected chi connectivity index (χ4v) is 2.42. The van der Waals surface area contributed by atoms with Gasteiger partial charge in [-0.2, -0.15) is 5.10 Å². The number of nitrogens with zero attached hydrogens (tertiary/aromatic N) is 2. The van der Waals surface area contributed by atoms with Crippen LogP contribution in [0.1, 0.15) is 34.5 Å². The van der Waals surface area contributed by atoms with E-state index in [1.807, 2.05) is 13.1 Å². The Bertz CT molecular complexity index is 668. The van der Waals surface area contributed by atoms with Gasteiger partial charge in [0.2, 0.25) is 0 Å². The number of hydrogen-bond acceptors (Lipinski definition) is 2. The van der Waals surface area contributed by atoms with Crippen LogP contribution in [0.3, 0.4) is 0 Å². The maximum Gasteiger partial charge on any atom is 0.272 e. The summed E-state index contributed by atoms with van der Waals surface area (Å²) in [6.45, 7) is 4.16. The maximum atomic E-state index is 12.0. The fourth-order valence-electron chi connectivity index (χ4n) is 2.42. The van der Waals surface area contributed by atoms with Crippen LogP contribution >= 0.6 is 0 Å². The molecule has 1 saturated carbocycles. The first-order valence-electron chi connectivity index (χ1n) is 6.97. The number of carbonyl (C=O) groups excluding carboxylic acids is 1. The fraction of sp³-hybridized carbons (Fsp3) is 0.375. The van der Waals surface area contributed by atoms with E-state index < -0.39 is 0 Å². The van der Waals surface area contributed by atoms with Crippen molar-refractivity contribution >= 4 is 5.91 Å². The number of aryl methyl sites for hydroxylation is 3. The molecule has 4 heteroatoms. The molecule has 1 aromatic heterocycles. The maximum absolute atomic E-state index is 12.0. The van der Waals surface area contributed by atoms with Gasteiger partial charge in [-0.05, 0) is 38.3 Å². The number of carbonyl (C=O) groups is 1. The summed E-state index contributed by atoms with van der Waals surface area (Å²) >= 11 is 0. The molecule has 104 valence electrons. The van der Waals surface area contributed by atoms with Gasteiger partial charge >= 0.3 is 0 Å². The number of aromatic nitrogens is 2. The van der Waals surface area contributed by atoms with E-state index in [-0.39, 0.29) is 5.91 Å². The minimum Gasteiger partial charge on any atom is -0.348 e. The second-order valence-electron chi connectivity index (χ2n) is 5.60. The molecule has 1 aliphatic rings. The molecule has 2 aromatic rings. The zero-order valence-corrected chi connectivity index (χ0v) is 12.1. The van der Waals surface area contributed by atoms with Crippen LogP contribution in [0.2, 0.25) is 0 Å². The topological polar surface area (TPSA) is 46.9 Å². The van der Waals surface area contributed by atoms with Gasteiger partial charge in [0.1, 0.15) is 0 Å². The molecule has 0 atom stereocenters. The largest absolute Gasteiger partial charge is 0.348 e. The molecule has 0 aliphatic heterocycles. The summed E-state index contributed by atoms with van der Waals surface area (Å²) in [5.41, 5.74) is 5.02. The number of rotatable bonds is 3. The lowest BCUT2D eigenvalue weighted by Crippen LogP contribution is -2.25. The summed E-state index contributed by atoms with van der Waals surface area (Å²) in [4.78, 5) is 12.0. The zero-order chi connectivity index (χ0) is 14.3. The highest BCUT2D eigenvalue weighted by atomic mass is 16.2. The average molecular weight is 269 g/mol. The molecule has 4 nitrogen and oxygen atoms in total. The van der Waals surface area contributed by atoms with E-state index in [1.54, 1.807) is 4.68 Å². The summed E-state index contributed by atoms with van der Waals surface area (Å²) in [5, 5.41) is 7.31. The first-order chi connectivity index (χ1) is 9.54. The molecule has 0 radical (unpaired) electrons. The summed E-state index contributed by atoms with van der Waals surface area (Å²) in [7, 11) is 1.88. The molecular weight excluding hydrogens is 250 g/mol. The average Bonchev–Trinajstić information content (AvgIpc) is 3.11. The quantitative estimate of drug-likeness (QED) is 0.931. The standard InChI is InChI=1S/C16H19N3O/c1-10-4-7-13(11(2)8-10)15-9-14(18-19(15)3)16(20)17-12-5-6-12/h4,7-9,12H,5-6H2,1-3H3,(H,17,20). The first kappa shape index (κ1) is 12.9. The van der Waals surface area contributed by atoms with Gasteiger partial charge in [0, 0.05) is 18.7 Å². The summed E-state index contributed by atoms with van der Waals surface area (Å²) in [6.07, 6.45) is 2.17. The lowest BCUT2D eigenvalue weighted by Gasteiger charge is -2.06. The van der Waals surface area contributed by atoms with Crippen LogP contribution in [0.25, 0.3) is 11.3 Å². The van der Waals surface area contributed by atoms with Gasteiger partial charge in [-0.25, -0.2) is 0 Å². The van der Waals surface area contributed by atoms with Gasteiger partial charge in [-0.1, -0.05) is 23.8 Å². The highest BCUT2D eigenvalue weighted by molar-refractivity contribution is 5.93. The van der Waals surface area contributed by atoms with E-state index in [9.17, 15) is 4.79 Å². The third-order valence-electron chi connectivity index (χ3n) is 3.68. The molecule has 20 heavy (non-hydrogen) atoms. The van der Waals surface area contributed by atoms with Crippen LogP contribution < -0.4 is 5.32 Å². The van der Waals surface area contributed by atoms with Crippen LogP contribution in [-0.2, 0) is 7.05 Å². The van der Waals surface area contributed by atoms with Gasteiger partial charge < -0.3 is 5.32 Å². The molecule has 1 aliphatic carbocycles. The van der Waals surface area contributed by atoms with E-state index in [4.69, 9.17) is 0 Å². The number of benzene rings is 1. The highest BCUT2D eigenvalue weighted by Crippen LogP contribution is 2.25. The van der Waals surface area contributed by atoms with Crippen molar-refractivity contribution in [3.05, 3.63) is 41.1 Å². The molecule has 1 heterocycles. The Kier molecular flexibility index (Phi) is 3.08. The van der Waals surface area contributed by atoms with Gasteiger partial charge in [0.15, 0.2) is 5.69 Å². The minimum absolute atomic E-state index is 0.0703. The molecule has 1 N–H and O–H groups in total. The van der Waals surface area contributed by atoms with E-state index in [1.165, 1.54) is 11.1 Å². The van der Waals surface area contributed by atoms with Gasteiger partial charge in [-0.15, -0.1) is 0 Å². The lowest BCUT2D eigenvalue weighted by atomic mass is 10.0. The monoisotopic (exact) mass is 269 g/mol. The Morgan fingerprint density at radius 2 is 2.05 bits per heavy atom. The summed E-state index contributed by atoms with van der Waals surface area (Å²) in [6, 6.07) is 8.54. The van der Waals surface area contributed by atoms with Crippen LogP contribution in [0.15, 0.2) is 24.3 Å². The van der Waals surface area contributed by atoms with Crippen molar-refractivity contribution in [3.63, 3.8) is 0 Å². The van der Waals surface area contributed by atoms with Crippen molar-refractivity contribution in [1.82, 2.24) is 15.1 Å². The van der Waals surface area contributed by atoms with Gasteiger partial charge in [0.05, 0.1) is 5.69 Å². The van der Waals surface area contributed by atoms with Crippen LogP contribution in [0.5, 0.6) is 0 Å². The number of amides is 1. The van der Waals surface area contributed by atoms with E-state index >= 15 is 0 Å². The molecule has 0 saturated heterocycles. The predicted octanol–water partition coefficient (Wildman–Crippen LogP) is 2.60. The Morgan fingerprint density at radius 3 is 2.70 bits per heavy atom. The number of hydrogen-bond donors (Lipinski definition) is 1. The third-order valence-corrected chi connectivity index (χ3v) is 3.68. The molecule has 1 fully saturated rings. The van der Waals surface area contributed by atoms with Crippen LogP contribution in [-0.4, -0.2) is 21.7 Å². The predicted molar refractivity (Wildman–Crippen MR) is 78.6 cm³/mol. The van der Waals surface area contributed by atoms with Crippen molar-refractivity contribution in [2.75, 3.05) is 0 Å². The van der Waals surface area contributed by atoms with Crippen molar-refractivity contribution in [3.8, 4) is 11.3 Å². The molecule has 1 amide bonds. The van der Waals surface area contributed by atoms with Crippen molar-refractivity contribution < 1.29 is 4.79 Å². The molecule has 1 aromatic carbocycles. The van der Waals surface area contributed by atoms with Gasteiger partial charge in [-0.3, -0.25) is 9.48 Å². The van der Waals surface area contributed by atoms with Gasteiger partial charge in [0.25, 0.3) is 5.91 Å². The second kappa shape index (κ2) is 4.78. The molecule has 3 rings (SSSR count). The second-order valence-corrected chi connectivity index (χ2v) is 5.60. The van der Waals surface area contributed by atoms with E-state index in [0.717, 1.165) is 24.1 Å². The summed E-state index contributed by atoms with van der Waals surface area (Å²) < 4.78 is 1.78. The zero-order valence-electron chi connectivity index (χ0n) is 12.1. The van der Waals surface area contributed by atoms with Crippen LogP contribution in [0.4, 0.5) is 0 Å². The van der Waals surface area contributed by atoms with Crippen molar-refractivity contribution in [2.45, 2.75) is 32.7 Å². The molecular formula is C16H19N3O. The molecule has 0 unspecified atom stereocenters. The highest BCUT2D eigenvalue weighted by Gasteiger charge is 2.25. The van der Waals surface area contributed by atoms with Crippen molar-refractivity contribution in [1.29, 1.82) is 0 Å². The number of nitrogens with one attached hydrogen (secondary N) is 1. The molecule has 0 spiro atoms. The van der Waals surface area contributed by atoms with Crippen LogP contribution in [0, 0.1) is 13.8 Å². The lowest BCUT2D eigenvalue weighted by molar-refractivity contribution is 0.0945.